The van der Waals surface area contributed by atoms with Crippen LogP contribution in [0.1, 0.15) is 6.42 Å². The summed E-state index contributed by atoms with van der Waals surface area (Å²) in [5, 5.41) is 8.88. The number of carboxylic acids is 1. The number of nitrogens with zero attached hydrogens (tertiary/aromatic N) is 3. The largest absolute Gasteiger partial charge is 0.481 e. The molecule has 1 unspecified atom stereocenters. The monoisotopic (exact) mass is 255 g/mol. The molecule has 0 aliphatic carbocycles. The van der Waals surface area contributed by atoms with Crippen molar-refractivity contribution in [2.24, 2.45) is 0 Å². The summed E-state index contributed by atoms with van der Waals surface area (Å²) >= 11 is 1.85. The van der Waals surface area contributed by atoms with Crippen LogP contribution in [0.5, 0.6) is 0 Å². The van der Waals surface area contributed by atoms with Gasteiger partial charge in [0, 0.05) is 49.6 Å². The van der Waals surface area contributed by atoms with E-state index in [0.29, 0.717) is 0 Å². The summed E-state index contributed by atoms with van der Waals surface area (Å²) < 4.78 is 2.03. The molecule has 6 heteroatoms. The SMILES string of the molecule is O=C(O)CC1CSCCN1CCn1ccnc1. The fraction of sp³-hybridized carbons (Fsp3) is 0.636. The van der Waals surface area contributed by atoms with E-state index in [9.17, 15) is 4.79 Å². The zero-order valence-corrected chi connectivity index (χ0v) is 10.5. The van der Waals surface area contributed by atoms with E-state index in [2.05, 4.69) is 9.88 Å². The maximum absolute atomic E-state index is 10.8. The molecule has 17 heavy (non-hydrogen) atoms. The molecule has 1 aliphatic heterocycles. The number of aromatic nitrogens is 2. The minimum absolute atomic E-state index is 0.176. The first kappa shape index (κ1) is 12.4. The first-order valence-corrected chi connectivity index (χ1v) is 6.90. The van der Waals surface area contributed by atoms with E-state index >= 15 is 0 Å². The molecule has 0 radical (unpaired) electrons. The third-order valence-electron chi connectivity index (χ3n) is 2.96. The zero-order chi connectivity index (χ0) is 12.1. The second-order valence-corrected chi connectivity index (χ2v) is 5.31. The van der Waals surface area contributed by atoms with Crippen LogP contribution in [0.2, 0.25) is 0 Å². The second-order valence-electron chi connectivity index (χ2n) is 4.16. The second kappa shape index (κ2) is 6.07. The van der Waals surface area contributed by atoms with Crippen molar-refractivity contribution in [2.75, 3.05) is 24.6 Å². The Bertz CT molecular complexity index is 356. The van der Waals surface area contributed by atoms with Gasteiger partial charge in [-0.15, -0.1) is 0 Å². The lowest BCUT2D eigenvalue weighted by molar-refractivity contribution is -0.138. The van der Waals surface area contributed by atoms with E-state index in [0.717, 1.165) is 31.1 Å². The van der Waals surface area contributed by atoms with Crippen molar-refractivity contribution in [2.45, 2.75) is 19.0 Å². The van der Waals surface area contributed by atoms with Gasteiger partial charge in [-0.05, 0) is 0 Å². The summed E-state index contributed by atoms with van der Waals surface area (Å²) in [6.45, 7) is 2.76. The lowest BCUT2D eigenvalue weighted by atomic mass is 10.2. The van der Waals surface area contributed by atoms with Crippen LogP contribution in [-0.4, -0.2) is 56.2 Å². The van der Waals surface area contributed by atoms with Crippen molar-refractivity contribution < 1.29 is 9.90 Å². The summed E-state index contributed by atoms with van der Waals surface area (Å²) in [7, 11) is 0. The summed E-state index contributed by atoms with van der Waals surface area (Å²) in [5.41, 5.74) is 0. The highest BCUT2D eigenvalue weighted by atomic mass is 32.2. The number of imidazole rings is 1. The molecular formula is C11H17N3O2S. The standard InChI is InChI=1S/C11H17N3O2S/c15-11(16)7-10-8-17-6-5-14(10)4-3-13-2-1-12-9-13/h1-2,9-10H,3-8H2,(H,15,16). The van der Waals surface area contributed by atoms with Crippen LogP contribution in [-0.2, 0) is 11.3 Å². The normalized spacial score (nSPS) is 21.5. The lowest BCUT2D eigenvalue weighted by Crippen LogP contribution is -2.44. The highest BCUT2D eigenvalue weighted by molar-refractivity contribution is 7.99. The Morgan fingerprint density at radius 3 is 3.12 bits per heavy atom. The van der Waals surface area contributed by atoms with E-state index in [1.165, 1.54) is 0 Å². The summed E-state index contributed by atoms with van der Waals surface area (Å²) in [4.78, 5) is 17.1. The van der Waals surface area contributed by atoms with Gasteiger partial charge >= 0.3 is 5.97 Å². The van der Waals surface area contributed by atoms with Crippen molar-refractivity contribution in [1.82, 2.24) is 14.5 Å². The predicted molar refractivity (Wildman–Crippen MR) is 67.2 cm³/mol. The molecule has 2 rings (SSSR count). The van der Waals surface area contributed by atoms with E-state index in [1.807, 2.05) is 22.5 Å². The third kappa shape index (κ3) is 3.74. The van der Waals surface area contributed by atoms with Gasteiger partial charge in [-0.3, -0.25) is 9.69 Å². The molecule has 0 amide bonds. The summed E-state index contributed by atoms with van der Waals surface area (Å²) in [5.74, 6) is 1.32. The zero-order valence-electron chi connectivity index (χ0n) is 9.66. The highest BCUT2D eigenvalue weighted by Crippen LogP contribution is 2.18. The number of aliphatic carboxylic acids is 1. The van der Waals surface area contributed by atoms with Crippen molar-refractivity contribution in [1.29, 1.82) is 0 Å². The average Bonchev–Trinajstić information content (AvgIpc) is 2.80. The molecule has 1 saturated heterocycles. The molecule has 5 nitrogen and oxygen atoms in total. The van der Waals surface area contributed by atoms with Crippen molar-refractivity contribution in [3.63, 3.8) is 0 Å². The topological polar surface area (TPSA) is 58.4 Å². The van der Waals surface area contributed by atoms with E-state index < -0.39 is 5.97 Å². The summed E-state index contributed by atoms with van der Waals surface area (Å²) in [6.07, 6.45) is 5.74. The minimum atomic E-state index is -0.704. The first-order valence-electron chi connectivity index (χ1n) is 5.75. The maximum atomic E-state index is 10.8. The van der Waals surface area contributed by atoms with Gasteiger partial charge in [-0.2, -0.15) is 11.8 Å². The molecule has 0 bridgehead atoms. The maximum Gasteiger partial charge on any atom is 0.304 e. The van der Waals surface area contributed by atoms with Crippen LogP contribution in [0.3, 0.4) is 0 Å². The Morgan fingerprint density at radius 2 is 2.41 bits per heavy atom. The van der Waals surface area contributed by atoms with Gasteiger partial charge in [0.25, 0.3) is 0 Å². The Morgan fingerprint density at radius 1 is 1.53 bits per heavy atom. The molecule has 94 valence electrons. The highest BCUT2D eigenvalue weighted by Gasteiger charge is 2.24. The molecule has 1 fully saturated rings. The van der Waals surface area contributed by atoms with E-state index in [4.69, 9.17) is 5.11 Å². The van der Waals surface area contributed by atoms with Gasteiger partial charge in [0.05, 0.1) is 12.7 Å². The molecule has 1 aliphatic rings. The Hall–Kier alpha value is -1.01. The van der Waals surface area contributed by atoms with Crippen molar-refractivity contribution in [3.05, 3.63) is 18.7 Å². The molecule has 1 N–H and O–H groups in total. The average molecular weight is 255 g/mol. The Balaban J connectivity index is 1.85. The summed E-state index contributed by atoms with van der Waals surface area (Å²) in [6, 6.07) is 0.176. The predicted octanol–water partition coefficient (Wildman–Crippen LogP) is 0.775. The number of carboxylic acid groups (broad SMARTS) is 1. The number of thioether (sulfide) groups is 1. The van der Waals surface area contributed by atoms with Gasteiger partial charge in [0.1, 0.15) is 0 Å². The number of hydrogen-bond acceptors (Lipinski definition) is 4. The molecule has 1 atom stereocenters. The van der Waals surface area contributed by atoms with Crippen LogP contribution < -0.4 is 0 Å². The molecule has 1 aromatic rings. The molecule has 0 saturated carbocycles. The van der Waals surface area contributed by atoms with Gasteiger partial charge in [0.15, 0.2) is 0 Å². The van der Waals surface area contributed by atoms with Gasteiger partial charge in [-0.1, -0.05) is 0 Å². The lowest BCUT2D eigenvalue weighted by Gasteiger charge is -2.34. The van der Waals surface area contributed by atoms with Crippen molar-refractivity contribution in [3.8, 4) is 0 Å². The Kier molecular flexibility index (Phi) is 4.44. The van der Waals surface area contributed by atoms with Crippen LogP contribution in [0.25, 0.3) is 0 Å². The van der Waals surface area contributed by atoms with Gasteiger partial charge < -0.3 is 9.67 Å². The first-order chi connectivity index (χ1) is 8.25. The van der Waals surface area contributed by atoms with Crippen molar-refractivity contribution >= 4 is 17.7 Å². The Labute approximate surface area is 105 Å². The molecule has 0 aromatic carbocycles. The number of hydrogen-bond donors (Lipinski definition) is 1. The smallest absolute Gasteiger partial charge is 0.304 e. The third-order valence-corrected chi connectivity index (χ3v) is 4.06. The molecule has 2 heterocycles. The fourth-order valence-electron chi connectivity index (χ4n) is 2.04. The van der Waals surface area contributed by atoms with Crippen LogP contribution in [0, 0.1) is 0 Å². The number of carbonyl (C=O) groups is 1. The number of rotatable bonds is 5. The molecule has 1 aromatic heterocycles. The molecular weight excluding hydrogens is 238 g/mol. The fourth-order valence-corrected chi connectivity index (χ4v) is 3.17. The molecule has 0 spiro atoms. The van der Waals surface area contributed by atoms with Gasteiger partial charge in [0.2, 0.25) is 0 Å². The van der Waals surface area contributed by atoms with Gasteiger partial charge in [-0.25, -0.2) is 4.98 Å². The minimum Gasteiger partial charge on any atom is -0.481 e. The van der Waals surface area contributed by atoms with Crippen LogP contribution >= 0.6 is 11.8 Å². The van der Waals surface area contributed by atoms with Crippen LogP contribution in [0.4, 0.5) is 0 Å². The quantitative estimate of drug-likeness (QED) is 0.842. The van der Waals surface area contributed by atoms with Crippen LogP contribution in [0.15, 0.2) is 18.7 Å². The van der Waals surface area contributed by atoms with E-state index in [1.54, 1.807) is 12.5 Å². The van der Waals surface area contributed by atoms with E-state index in [-0.39, 0.29) is 12.5 Å².